The van der Waals surface area contributed by atoms with Crippen molar-refractivity contribution in [1.29, 1.82) is 0 Å². The third-order valence-electron chi connectivity index (χ3n) is 3.93. The zero-order chi connectivity index (χ0) is 16.7. The smallest absolute Gasteiger partial charge is 0.353 e. The molecule has 0 aromatic carbocycles. The summed E-state index contributed by atoms with van der Waals surface area (Å²) >= 11 is 0.586. The summed E-state index contributed by atoms with van der Waals surface area (Å²) in [6.45, 7) is 2.49. The van der Waals surface area contributed by atoms with Gasteiger partial charge >= 0.3 is 6.18 Å². The van der Waals surface area contributed by atoms with Gasteiger partial charge in [-0.1, -0.05) is 11.3 Å². The van der Waals surface area contributed by atoms with Gasteiger partial charge in [-0.3, -0.25) is 0 Å². The number of nitrogens with one attached hydrogen (secondary N) is 1. The van der Waals surface area contributed by atoms with Crippen LogP contribution in [0.15, 0.2) is 24.4 Å². The first-order valence-electron chi connectivity index (χ1n) is 7.35. The van der Waals surface area contributed by atoms with Gasteiger partial charge in [0.25, 0.3) is 0 Å². The number of aromatic amines is 1. The number of pyridine rings is 1. The molecule has 1 aliphatic heterocycles. The lowest BCUT2D eigenvalue weighted by molar-refractivity contribution is -0.138. The zero-order valence-corrected chi connectivity index (χ0v) is 13.2. The molecular weight excluding hydrogens is 341 g/mol. The molecule has 0 saturated carbocycles. The number of hydrogen-bond donors (Lipinski definition) is 1. The minimum atomic E-state index is -4.44. The summed E-state index contributed by atoms with van der Waals surface area (Å²) in [7, 11) is 0. The number of halogens is 3. The Balaban J connectivity index is 1.45. The molecule has 1 N–H and O–H groups in total. The van der Waals surface area contributed by atoms with Crippen LogP contribution in [0, 0.1) is 0 Å². The molecule has 0 amide bonds. The number of fused-ring (bicyclic) bond motifs is 1. The van der Waals surface area contributed by atoms with Crippen LogP contribution in [-0.4, -0.2) is 46.3 Å². The lowest BCUT2D eigenvalue weighted by Gasteiger charge is -2.35. The Morgan fingerprint density at radius 2 is 1.75 bits per heavy atom. The highest BCUT2D eigenvalue weighted by Gasteiger charge is 2.36. The van der Waals surface area contributed by atoms with E-state index < -0.39 is 11.2 Å². The van der Waals surface area contributed by atoms with Gasteiger partial charge in [0.05, 0.1) is 0 Å². The van der Waals surface area contributed by atoms with Gasteiger partial charge in [-0.2, -0.15) is 13.2 Å². The van der Waals surface area contributed by atoms with Gasteiger partial charge in [0, 0.05) is 37.8 Å². The van der Waals surface area contributed by atoms with Gasteiger partial charge < -0.3 is 14.8 Å². The number of aromatic nitrogens is 4. The molecule has 0 unspecified atom stereocenters. The van der Waals surface area contributed by atoms with Crippen LogP contribution in [0.1, 0.15) is 5.01 Å². The number of alkyl halides is 3. The lowest BCUT2D eigenvalue weighted by atomic mass is 10.3. The molecule has 1 saturated heterocycles. The number of hydrogen-bond acceptors (Lipinski definition) is 6. The van der Waals surface area contributed by atoms with Crippen molar-refractivity contribution in [1.82, 2.24) is 20.2 Å². The van der Waals surface area contributed by atoms with Crippen LogP contribution in [0.4, 0.5) is 24.1 Å². The van der Waals surface area contributed by atoms with E-state index in [-0.39, 0.29) is 0 Å². The van der Waals surface area contributed by atoms with E-state index in [4.69, 9.17) is 0 Å². The Morgan fingerprint density at radius 3 is 2.46 bits per heavy atom. The maximum absolute atomic E-state index is 12.6. The molecule has 0 atom stereocenters. The number of piperazine rings is 1. The molecule has 10 heteroatoms. The molecule has 0 bridgehead atoms. The average molecular weight is 354 g/mol. The van der Waals surface area contributed by atoms with Crippen LogP contribution >= 0.6 is 11.3 Å². The van der Waals surface area contributed by atoms with E-state index in [1.807, 2.05) is 29.3 Å². The highest BCUT2D eigenvalue weighted by Crippen LogP contribution is 2.34. The van der Waals surface area contributed by atoms with Gasteiger partial charge in [0.1, 0.15) is 11.5 Å². The van der Waals surface area contributed by atoms with E-state index in [0.29, 0.717) is 42.6 Å². The van der Waals surface area contributed by atoms with E-state index in [0.717, 1.165) is 16.9 Å². The predicted octanol–water partition coefficient (Wildman–Crippen LogP) is 2.76. The minimum absolute atomic E-state index is 0.315. The fraction of sp³-hybridized carbons (Fsp3) is 0.357. The van der Waals surface area contributed by atoms with Crippen LogP contribution in [0.3, 0.4) is 0 Å². The van der Waals surface area contributed by atoms with E-state index in [2.05, 4.69) is 25.1 Å². The Morgan fingerprint density at radius 1 is 1.00 bits per heavy atom. The van der Waals surface area contributed by atoms with Gasteiger partial charge in [-0.15, -0.1) is 10.2 Å². The first-order chi connectivity index (χ1) is 11.5. The second-order valence-electron chi connectivity index (χ2n) is 5.45. The molecule has 3 aromatic heterocycles. The van der Waals surface area contributed by atoms with E-state index >= 15 is 0 Å². The molecule has 126 valence electrons. The largest absolute Gasteiger partial charge is 0.445 e. The molecule has 1 fully saturated rings. The Labute approximate surface area is 138 Å². The van der Waals surface area contributed by atoms with Crippen LogP contribution < -0.4 is 9.80 Å². The number of anilines is 2. The fourth-order valence-corrected chi connectivity index (χ4v) is 3.44. The van der Waals surface area contributed by atoms with Gasteiger partial charge in [0.2, 0.25) is 10.1 Å². The lowest BCUT2D eigenvalue weighted by Crippen LogP contribution is -2.46. The van der Waals surface area contributed by atoms with Crippen molar-refractivity contribution in [2.45, 2.75) is 6.18 Å². The van der Waals surface area contributed by atoms with Crippen molar-refractivity contribution < 1.29 is 13.2 Å². The molecule has 24 heavy (non-hydrogen) atoms. The second-order valence-corrected chi connectivity index (χ2v) is 6.40. The van der Waals surface area contributed by atoms with E-state index in [9.17, 15) is 13.2 Å². The highest BCUT2D eigenvalue weighted by atomic mass is 32.1. The summed E-state index contributed by atoms with van der Waals surface area (Å²) in [5.41, 5.74) is 0.828. The zero-order valence-electron chi connectivity index (χ0n) is 12.4. The van der Waals surface area contributed by atoms with Crippen LogP contribution in [0.2, 0.25) is 0 Å². The van der Waals surface area contributed by atoms with Crippen molar-refractivity contribution in [2.75, 3.05) is 36.0 Å². The third-order valence-corrected chi connectivity index (χ3v) is 4.95. The standard InChI is InChI=1S/C14H13F3N6S/c15-14(16,17)12-20-21-13(24-12)23-7-5-22(6-8-23)10-2-1-9-3-4-18-11(9)19-10/h1-4H,5-8H2,(H,18,19). The van der Waals surface area contributed by atoms with Crippen LogP contribution in [-0.2, 0) is 6.18 Å². The quantitative estimate of drug-likeness (QED) is 0.767. The first kappa shape index (κ1) is 15.2. The average Bonchev–Trinajstić information content (AvgIpc) is 3.23. The number of H-pyrrole nitrogens is 1. The normalized spacial score (nSPS) is 16.1. The molecule has 1 aliphatic rings. The van der Waals surface area contributed by atoms with Gasteiger partial charge in [-0.25, -0.2) is 4.98 Å². The van der Waals surface area contributed by atoms with Crippen molar-refractivity contribution in [2.24, 2.45) is 0 Å². The maximum Gasteiger partial charge on any atom is 0.445 e. The van der Waals surface area contributed by atoms with E-state index in [1.165, 1.54) is 0 Å². The molecule has 0 radical (unpaired) electrons. The van der Waals surface area contributed by atoms with Crippen LogP contribution in [0.25, 0.3) is 11.0 Å². The SMILES string of the molecule is FC(F)(F)c1nnc(N2CCN(c3ccc4cc[nH]c4n3)CC2)s1. The predicted molar refractivity (Wildman–Crippen MR) is 85.4 cm³/mol. The molecule has 4 rings (SSSR count). The highest BCUT2D eigenvalue weighted by molar-refractivity contribution is 7.15. The van der Waals surface area contributed by atoms with Crippen molar-refractivity contribution in [3.05, 3.63) is 29.4 Å². The molecule has 6 nitrogen and oxygen atoms in total. The molecular formula is C14H13F3N6S. The van der Waals surface area contributed by atoms with Crippen LogP contribution in [0.5, 0.6) is 0 Å². The summed E-state index contributed by atoms with van der Waals surface area (Å²) in [4.78, 5) is 11.6. The topological polar surface area (TPSA) is 60.9 Å². The Kier molecular flexibility index (Phi) is 3.56. The van der Waals surface area contributed by atoms with Crippen molar-refractivity contribution in [3.63, 3.8) is 0 Å². The summed E-state index contributed by atoms with van der Waals surface area (Å²) < 4.78 is 37.9. The summed E-state index contributed by atoms with van der Waals surface area (Å²) in [6, 6.07) is 5.91. The number of nitrogens with zero attached hydrogens (tertiary/aromatic N) is 5. The molecule has 0 spiro atoms. The molecule has 4 heterocycles. The maximum atomic E-state index is 12.6. The molecule has 3 aromatic rings. The second kappa shape index (κ2) is 5.62. The molecule has 0 aliphatic carbocycles. The third kappa shape index (κ3) is 2.77. The Bertz CT molecular complexity index is 849. The van der Waals surface area contributed by atoms with Crippen molar-refractivity contribution >= 4 is 33.3 Å². The summed E-state index contributed by atoms with van der Waals surface area (Å²) in [5.74, 6) is 0.859. The van der Waals surface area contributed by atoms with Crippen molar-refractivity contribution in [3.8, 4) is 0 Å². The van der Waals surface area contributed by atoms with Gasteiger partial charge in [0.15, 0.2) is 0 Å². The monoisotopic (exact) mass is 354 g/mol. The van der Waals surface area contributed by atoms with E-state index in [1.54, 1.807) is 0 Å². The fourth-order valence-electron chi connectivity index (χ4n) is 2.68. The number of rotatable bonds is 2. The summed E-state index contributed by atoms with van der Waals surface area (Å²) in [6.07, 6.45) is -2.60. The minimum Gasteiger partial charge on any atom is -0.353 e. The Hall–Kier alpha value is -2.36. The van der Waals surface area contributed by atoms with Gasteiger partial charge in [-0.05, 0) is 18.2 Å². The first-order valence-corrected chi connectivity index (χ1v) is 8.17. The summed E-state index contributed by atoms with van der Waals surface area (Å²) in [5, 5.41) is 7.37.